The molecule has 7 heteroatoms. The topological polar surface area (TPSA) is 55.1 Å². The summed E-state index contributed by atoms with van der Waals surface area (Å²) >= 11 is 6.81. The number of rotatable bonds is 4. The van der Waals surface area contributed by atoms with Gasteiger partial charge >= 0.3 is 5.97 Å². The normalized spacial score (nSPS) is 16.4. The van der Waals surface area contributed by atoms with Crippen LogP contribution in [-0.2, 0) is 4.79 Å². The molecule has 21 heavy (non-hydrogen) atoms. The number of imidazole rings is 1. The molecule has 2 aromatic rings. The predicted molar refractivity (Wildman–Crippen MR) is 91.4 cm³/mol. The number of benzene rings is 1. The quantitative estimate of drug-likeness (QED) is 0.803. The van der Waals surface area contributed by atoms with Gasteiger partial charge in [0, 0.05) is 10.5 Å². The molecule has 1 fully saturated rings. The average molecular weight is 387 g/mol. The van der Waals surface area contributed by atoms with Crippen LogP contribution in [0.3, 0.4) is 0 Å². The van der Waals surface area contributed by atoms with Gasteiger partial charge in [0.05, 0.1) is 16.8 Å². The molecule has 112 valence electrons. The zero-order valence-electron chi connectivity index (χ0n) is 11.3. The van der Waals surface area contributed by atoms with Gasteiger partial charge in [-0.3, -0.25) is 4.79 Å². The highest BCUT2D eigenvalue weighted by atomic mass is 79.9. The Bertz CT molecular complexity index is 668. The smallest absolute Gasteiger partial charge is 0.313 e. The largest absolute Gasteiger partial charge is 0.481 e. The molecular formula is C14H15BrN2O2S2. The highest BCUT2D eigenvalue weighted by molar-refractivity contribution is 9.10. The number of hydrogen-bond acceptors (Lipinski definition) is 4. The number of carboxylic acid groups (broad SMARTS) is 1. The number of carboxylic acids is 1. The standard InChI is InChI=1S/C14H15BrN2O2S2/c15-9-1-2-11-12(7-9)17(10-3-5-20-6-4-10)14(16-11)21-8-13(18)19/h1-2,7,10H,3-6,8H2,(H,18,19). The molecule has 0 unspecified atom stereocenters. The molecule has 0 radical (unpaired) electrons. The molecule has 0 bridgehead atoms. The summed E-state index contributed by atoms with van der Waals surface area (Å²) in [5.74, 6) is 1.55. The molecule has 1 saturated heterocycles. The molecule has 1 aromatic heterocycles. The third-order valence-electron chi connectivity index (χ3n) is 3.50. The number of fused-ring (bicyclic) bond motifs is 1. The van der Waals surface area contributed by atoms with Gasteiger partial charge in [0.15, 0.2) is 5.16 Å². The van der Waals surface area contributed by atoms with E-state index in [9.17, 15) is 4.79 Å². The van der Waals surface area contributed by atoms with Gasteiger partial charge in [-0.05, 0) is 42.5 Å². The fourth-order valence-corrected chi connectivity index (χ4v) is 4.80. The second-order valence-corrected chi connectivity index (χ2v) is 8.01. The highest BCUT2D eigenvalue weighted by Gasteiger charge is 2.22. The minimum atomic E-state index is -0.806. The summed E-state index contributed by atoms with van der Waals surface area (Å²) in [6, 6.07) is 6.46. The second kappa shape index (κ2) is 6.62. The Morgan fingerprint density at radius 2 is 2.24 bits per heavy atom. The van der Waals surface area contributed by atoms with Gasteiger partial charge in [0.1, 0.15) is 0 Å². The summed E-state index contributed by atoms with van der Waals surface area (Å²) in [6.07, 6.45) is 2.23. The van der Waals surface area contributed by atoms with Crippen molar-refractivity contribution in [3.05, 3.63) is 22.7 Å². The Morgan fingerprint density at radius 3 is 2.95 bits per heavy atom. The zero-order valence-corrected chi connectivity index (χ0v) is 14.5. The fraction of sp³-hybridized carbons (Fsp3) is 0.429. The van der Waals surface area contributed by atoms with Crippen LogP contribution in [0.25, 0.3) is 11.0 Å². The molecule has 1 aliphatic rings. The molecule has 0 amide bonds. The summed E-state index contributed by atoms with van der Waals surface area (Å²) in [4.78, 5) is 15.5. The fourth-order valence-electron chi connectivity index (χ4n) is 2.57. The van der Waals surface area contributed by atoms with E-state index in [1.54, 1.807) is 0 Å². The van der Waals surface area contributed by atoms with Gasteiger partial charge in [-0.2, -0.15) is 11.8 Å². The van der Waals surface area contributed by atoms with Crippen LogP contribution in [0.5, 0.6) is 0 Å². The minimum Gasteiger partial charge on any atom is -0.481 e. The van der Waals surface area contributed by atoms with E-state index in [-0.39, 0.29) is 5.75 Å². The lowest BCUT2D eigenvalue weighted by molar-refractivity contribution is -0.133. The molecule has 0 saturated carbocycles. The van der Waals surface area contributed by atoms with Crippen LogP contribution in [0, 0.1) is 0 Å². The molecule has 0 spiro atoms. The van der Waals surface area contributed by atoms with Crippen molar-refractivity contribution in [2.24, 2.45) is 0 Å². The number of aliphatic carboxylic acids is 1. The lowest BCUT2D eigenvalue weighted by Gasteiger charge is -2.25. The Morgan fingerprint density at radius 1 is 1.48 bits per heavy atom. The van der Waals surface area contributed by atoms with Crippen molar-refractivity contribution in [1.82, 2.24) is 9.55 Å². The van der Waals surface area contributed by atoms with Crippen LogP contribution in [0.15, 0.2) is 27.8 Å². The first kappa shape index (κ1) is 15.2. The maximum atomic E-state index is 10.9. The molecule has 0 atom stereocenters. The van der Waals surface area contributed by atoms with Crippen LogP contribution in [0.1, 0.15) is 18.9 Å². The SMILES string of the molecule is O=C(O)CSc1nc2ccc(Br)cc2n1C1CCSCC1. The summed E-state index contributed by atoms with van der Waals surface area (Å²) in [7, 11) is 0. The van der Waals surface area contributed by atoms with Gasteiger partial charge in [0.25, 0.3) is 0 Å². The Balaban J connectivity index is 2.04. The van der Waals surface area contributed by atoms with Crippen LogP contribution < -0.4 is 0 Å². The first-order valence-corrected chi connectivity index (χ1v) is 9.68. The van der Waals surface area contributed by atoms with Crippen molar-refractivity contribution >= 4 is 56.5 Å². The van der Waals surface area contributed by atoms with Gasteiger partial charge in [-0.1, -0.05) is 27.7 Å². The number of carbonyl (C=O) groups is 1. The Kier molecular flexibility index (Phi) is 4.81. The van der Waals surface area contributed by atoms with Gasteiger partial charge in [-0.15, -0.1) is 0 Å². The van der Waals surface area contributed by atoms with Crippen molar-refractivity contribution < 1.29 is 9.90 Å². The summed E-state index contributed by atoms with van der Waals surface area (Å²) in [5, 5.41) is 9.75. The van der Waals surface area contributed by atoms with Crippen LogP contribution in [0.2, 0.25) is 0 Å². The van der Waals surface area contributed by atoms with E-state index in [2.05, 4.69) is 31.5 Å². The monoisotopic (exact) mass is 386 g/mol. The van der Waals surface area contributed by atoms with Gasteiger partial charge in [-0.25, -0.2) is 4.98 Å². The molecule has 1 aliphatic heterocycles. The Hall–Kier alpha value is -0.660. The third kappa shape index (κ3) is 3.40. The number of nitrogens with zero attached hydrogens (tertiary/aromatic N) is 2. The van der Waals surface area contributed by atoms with Crippen molar-refractivity contribution in [2.45, 2.75) is 24.0 Å². The van der Waals surface area contributed by atoms with Crippen molar-refractivity contribution in [2.75, 3.05) is 17.3 Å². The lowest BCUT2D eigenvalue weighted by Crippen LogP contribution is -2.16. The van der Waals surface area contributed by atoms with Crippen molar-refractivity contribution in [1.29, 1.82) is 0 Å². The molecular weight excluding hydrogens is 372 g/mol. The second-order valence-electron chi connectivity index (χ2n) is 4.92. The van der Waals surface area contributed by atoms with Crippen LogP contribution in [0.4, 0.5) is 0 Å². The summed E-state index contributed by atoms with van der Waals surface area (Å²) in [6.45, 7) is 0. The highest BCUT2D eigenvalue weighted by Crippen LogP contribution is 2.35. The maximum absolute atomic E-state index is 10.9. The predicted octanol–water partition coefficient (Wildman–Crippen LogP) is 4.04. The maximum Gasteiger partial charge on any atom is 0.313 e. The van der Waals surface area contributed by atoms with Crippen molar-refractivity contribution in [3.63, 3.8) is 0 Å². The van der Waals surface area contributed by atoms with E-state index >= 15 is 0 Å². The lowest BCUT2D eigenvalue weighted by atomic mass is 10.1. The number of thioether (sulfide) groups is 2. The van der Waals surface area contributed by atoms with E-state index in [4.69, 9.17) is 5.11 Å². The van der Waals surface area contributed by atoms with E-state index in [1.807, 2.05) is 23.9 Å². The molecule has 4 nitrogen and oxygen atoms in total. The summed E-state index contributed by atoms with van der Waals surface area (Å²) < 4.78 is 3.27. The molecule has 0 aliphatic carbocycles. The van der Waals surface area contributed by atoms with E-state index < -0.39 is 5.97 Å². The molecule has 2 heterocycles. The van der Waals surface area contributed by atoms with Crippen LogP contribution in [-0.4, -0.2) is 37.9 Å². The third-order valence-corrected chi connectivity index (χ3v) is 5.98. The van der Waals surface area contributed by atoms with Gasteiger partial charge in [0.2, 0.25) is 0 Å². The van der Waals surface area contributed by atoms with Crippen molar-refractivity contribution in [3.8, 4) is 0 Å². The van der Waals surface area contributed by atoms with E-state index in [1.165, 1.54) is 11.8 Å². The number of hydrogen-bond donors (Lipinski definition) is 1. The minimum absolute atomic E-state index is 0.0476. The van der Waals surface area contributed by atoms with E-state index in [0.717, 1.165) is 45.0 Å². The molecule has 1 N–H and O–H groups in total. The zero-order chi connectivity index (χ0) is 14.8. The summed E-state index contributed by atoms with van der Waals surface area (Å²) in [5.41, 5.74) is 2.03. The average Bonchev–Trinajstić information content (AvgIpc) is 2.83. The molecule has 3 rings (SSSR count). The first-order valence-electron chi connectivity index (χ1n) is 6.75. The first-order chi connectivity index (χ1) is 10.1. The van der Waals surface area contributed by atoms with Gasteiger partial charge < -0.3 is 9.67 Å². The van der Waals surface area contributed by atoms with Crippen LogP contribution >= 0.6 is 39.5 Å². The number of halogens is 1. The Labute approximate surface area is 139 Å². The number of aromatic nitrogens is 2. The molecule has 1 aromatic carbocycles. The van der Waals surface area contributed by atoms with E-state index in [0.29, 0.717) is 6.04 Å².